The van der Waals surface area contributed by atoms with Gasteiger partial charge in [-0.05, 0) is 44.4 Å². The number of halogens is 2. The molecule has 0 radical (unpaired) electrons. The molecule has 1 heterocycles. The lowest BCUT2D eigenvalue weighted by atomic mass is 9.79. The number of amides is 1. The van der Waals surface area contributed by atoms with Gasteiger partial charge in [0, 0.05) is 43.3 Å². The first-order valence-electron chi connectivity index (χ1n) is 9.98. The van der Waals surface area contributed by atoms with Gasteiger partial charge in [0.25, 0.3) is 0 Å². The second kappa shape index (κ2) is 8.36. The summed E-state index contributed by atoms with van der Waals surface area (Å²) in [7, 11) is 0. The predicted octanol–water partition coefficient (Wildman–Crippen LogP) is 6.10. The molecule has 31 heavy (non-hydrogen) atoms. The maximum absolute atomic E-state index is 13.4. The first-order chi connectivity index (χ1) is 14.7. The van der Waals surface area contributed by atoms with E-state index in [4.69, 9.17) is 4.74 Å². The Balaban J connectivity index is 1.61. The van der Waals surface area contributed by atoms with Gasteiger partial charge in [0.15, 0.2) is 11.6 Å². The number of benzene rings is 2. The Bertz CT molecular complexity index is 1120. The van der Waals surface area contributed by atoms with Crippen LogP contribution >= 0.6 is 31.9 Å². The summed E-state index contributed by atoms with van der Waals surface area (Å²) in [5.41, 5.74) is 1.96. The normalized spacial score (nSPS) is 17.7. The van der Waals surface area contributed by atoms with Crippen LogP contribution in [0.2, 0.25) is 0 Å². The Morgan fingerprint density at radius 2 is 1.55 bits per heavy atom. The predicted molar refractivity (Wildman–Crippen MR) is 124 cm³/mol. The Labute approximate surface area is 197 Å². The summed E-state index contributed by atoms with van der Waals surface area (Å²) in [6.07, 6.45) is 0.141. The van der Waals surface area contributed by atoms with Gasteiger partial charge >= 0.3 is 6.09 Å². The van der Waals surface area contributed by atoms with Crippen LogP contribution in [0.15, 0.2) is 62.6 Å². The maximum Gasteiger partial charge on any atom is 0.410 e. The lowest BCUT2D eigenvalue weighted by Crippen LogP contribution is -2.48. The second-order valence-corrected chi connectivity index (χ2v) is 10.0. The maximum atomic E-state index is 13.4. The molecule has 0 spiro atoms. The lowest BCUT2D eigenvalue weighted by molar-refractivity contribution is 0.0587. The van der Waals surface area contributed by atoms with Crippen LogP contribution in [0.25, 0.3) is 0 Å². The van der Waals surface area contributed by atoms with Gasteiger partial charge in [-0.25, -0.2) is 4.79 Å². The van der Waals surface area contributed by atoms with Crippen LogP contribution in [-0.2, 0) is 11.3 Å². The quantitative estimate of drug-likeness (QED) is 0.456. The smallest absolute Gasteiger partial charge is 0.410 e. The lowest BCUT2D eigenvalue weighted by Gasteiger charge is -2.36. The topological polar surface area (TPSA) is 63.7 Å². The first-order valence-corrected chi connectivity index (χ1v) is 11.6. The van der Waals surface area contributed by atoms with Crippen LogP contribution < -0.4 is 0 Å². The molecule has 4 rings (SSSR count). The fourth-order valence-electron chi connectivity index (χ4n) is 4.21. The van der Waals surface area contributed by atoms with E-state index in [1.54, 1.807) is 17.0 Å². The molecule has 1 aliphatic carbocycles. The summed E-state index contributed by atoms with van der Waals surface area (Å²) in [4.78, 5) is 41.3. The number of carbonyl (C=O) groups excluding carboxylic acids is 3. The van der Waals surface area contributed by atoms with Gasteiger partial charge in [0.05, 0.1) is 0 Å². The highest BCUT2D eigenvalue weighted by Gasteiger charge is 2.43. The molecule has 2 aliphatic rings. The number of rotatable bonds is 2. The fraction of sp³-hybridized carbons (Fsp3) is 0.292. The van der Waals surface area contributed by atoms with Gasteiger partial charge in [-0.3, -0.25) is 9.59 Å². The highest BCUT2D eigenvalue weighted by molar-refractivity contribution is 9.11. The minimum atomic E-state index is -0.684. The Hall–Kier alpha value is -2.25. The first kappa shape index (κ1) is 22.0. The summed E-state index contributed by atoms with van der Waals surface area (Å²) < 4.78 is 6.74. The van der Waals surface area contributed by atoms with E-state index in [1.807, 2.05) is 44.2 Å². The Morgan fingerprint density at radius 1 is 0.968 bits per heavy atom. The third-order valence-electron chi connectivity index (χ3n) is 5.82. The largest absolute Gasteiger partial charge is 0.445 e. The zero-order chi connectivity index (χ0) is 22.3. The van der Waals surface area contributed by atoms with Crippen molar-refractivity contribution in [2.45, 2.75) is 38.8 Å². The molecular formula is C24H21Br2NO4. The molecule has 0 aromatic heterocycles. The third-order valence-corrected chi connectivity index (χ3v) is 7.14. The molecular weight excluding hydrogens is 526 g/mol. The number of fused-ring (bicyclic) bond motifs is 1. The Kier molecular flexibility index (Phi) is 5.92. The van der Waals surface area contributed by atoms with Crippen LogP contribution in [0.4, 0.5) is 4.79 Å². The van der Waals surface area contributed by atoms with Crippen LogP contribution in [0, 0.1) is 0 Å². The summed E-state index contributed by atoms with van der Waals surface area (Å²) in [6.45, 7) is 4.27. The molecule has 2 aromatic rings. The van der Waals surface area contributed by atoms with Crippen molar-refractivity contribution in [2.75, 3.05) is 6.54 Å². The van der Waals surface area contributed by atoms with E-state index < -0.39 is 11.6 Å². The molecule has 0 atom stereocenters. The number of carbonyl (C=O) groups is 3. The van der Waals surface area contributed by atoms with Gasteiger partial charge in [-0.1, -0.05) is 62.2 Å². The van der Waals surface area contributed by atoms with Gasteiger partial charge in [-0.15, -0.1) is 0 Å². The molecule has 0 N–H and O–H groups in total. The number of hydrogen-bond acceptors (Lipinski definition) is 4. The van der Waals surface area contributed by atoms with E-state index >= 15 is 0 Å². The number of Topliss-reactive ketones (excluding diaryl/α,β-unsaturated/α-hetero) is 2. The van der Waals surface area contributed by atoms with E-state index in [0.717, 1.165) is 5.56 Å². The van der Waals surface area contributed by atoms with Crippen molar-refractivity contribution in [1.82, 2.24) is 4.90 Å². The highest BCUT2D eigenvalue weighted by atomic mass is 79.9. The second-order valence-electron chi connectivity index (χ2n) is 8.33. The molecule has 0 unspecified atom stereocenters. The molecule has 5 nitrogen and oxygen atoms in total. The minimum absolute atomic E-state index is 0.159. The van der Waals surface area contributed by atoms with E-state index in [1.165, 1.54) is 0 Å². The van der Waals surface area contributed by atoms with Crippen LogP contribution in [0.5, 0.6) is 0 Å². The van der Waals surface area contributed by atoms with Gasteiger partial charge in [0.1, 0.15) is 6.61 Å². The minimum Gasteiger partial charge on any atom is -0.445 e. The summed E-state index contributed by atoms with van der Waals surface area (Å²) in [5, 5.41) is 0. The van der Waals surface area contributed by atoms with Crippen molar-refractivity contribution in [3.8, 4) is 0 Å². The van der Waals surface area contributed by atoms with Crippen molar-refractivity contribution >= 4 is 49.5 Å². The molecule has 0 saturated carbocycles. The molecule has 160 valence electrons. The van der Waals surface area contributed by atoms with Crippen molar-refractivity contribution in [1.29, 1.82) is 0 Å². The van der Waals surface area contributed by atoms with Crippen molar-refractivity contribution in [3.05, 3.63) is 79.2 Å². The van der Waals surface area contributed by atoms with Crippen LogP contribution in [0.3, 0.4) is 0 Å². The monoisotopic (exact) mass is 545 g/mol. The van der Waals surface area contributed by atoms with E-state index in [2.05, 4.69) is 31.9 Å². The number of ketones is 2. The molecule has 0 saturated heterocycles. The fourth-order valence-corrected chi connectivity index (χ4v) is 5.23. The highest BCUT2D eigenvalue weighted by Crippen LogP contribution is 2.41. The number of ether oxygens (including phenoxy) is 1. The zero-order valence-electron chi connectivity index (χ0n) is 17.2. The average molecular weight is 547 g/mol. The molecule has 1 amide bonds. The number of hydrogen-bond donors (Lipinski definition) is 0. The summed E-state index contributed by atoms with van der Waals surface area (Å²) >= 11 is 6.84. The zero-order valence-corrected chi connectivity index (χ0v) is 20.4. The number of nitrogens with zero attached hydrogens (tertiary/aromatic N) is 1. The van der Waals surface area contributed by atoms with E-state index in [-0.39, 0.29) is 24.6 Å². The van der Waals surface area contributed by atoms with E-state index in [9.17, 15) is 14.4 Å². The van der Waals surface area contributed by atoms with Gasteiger partial charge in [-0.2, -0.15) is 0 Å². The summed E-state index contributed by atoms with van der Waals surface area (Å²) in [6, 6.07) is 13.0. The molecule has 0 fully saturated rings. The van der Waals surface area contributed by atoms with Gasteiger partial charge < -0.3 is 9.64 Å². The molecule has 1 aliphatic heterocycles. The van der Waals surface area contributed by atoms with Gasteiger partial charge in [0.2, 0.25) is 0 Å². The Morgan fingerprint density at radius 3 is 2.16 bits per heavy atom. The molecule has 7 heteroatoms. The summed E-state index contributed by atoms with van der Waals surface area (Å²) in [5.74, 6) is -0.321. The van der Waals surface area contributed by atoms with Crippen LogP contribution in [0.1, 0.15) is 53.0 Å². The van der Waals surface area contributed by atoms with Crippen molar-refractivity contribution in [2.24, 2.45) is 0 Å². The molecule has 0 bridgehead atoms. The molecule has 2 aromatic carbocycles. The SMILES string of the molecule is CC1(C)CC2=C(CCN1C(=O)OCc1ccccc1)C(=O)c1c(Br)ccc(Br)c1C2=O. The standard InChI is InChI=1S/C24H21Br2NO4/c1-24(2)12-16-15(21(28)19-17(25)8-9-18(26)20(19)22(16)29)10-11-27(24)23(30)31-13-14-6-4-3-5-7-14/h3-9H,10-13H2,1-2H3. The van der Waals surface area contributed by atoms with Crippen LogP contribution in [-0.4, -0.2) is 34.6 Å². The van der Waals surface area contributed by atoms with E-state index in [0.29, 0.717) is 44.2 Å². The average Bonchev–Trinajstić information content (AvgIpc) is 2.88. The van der Waals surface area contributed by atoms with Crippen molar-refractivity contribution in [3.63, 3.8) is 0 Å². The third kappa shape index (κ3) is 4.01. The van der Waals surface area contributed by atoms with Crippen molar-refractivity contribution < 1.29 is 19.1 Å².